The minimum Gasteiger partial charge on any atom is -0.492 e. The van der Waals surface area contributed by atoms with Gasteiger partial charge in [0.15, 0.2) is 0 Å². The van der Waals surface area contributed by atoms with E-state index in [-0.39, 0.29) is 11.5 Å². The maximum absolute atomic E-state index is 11.4. The Kier molecular flexibility index (Phi) is 5.36. The first-order valence-corrected chi connectivity index (χ1v) is 6.09. The lowest BCUT2D eigenvalue weighted by molar-refractivity contribution is -0.128. The Labute approximate surface area is 112 Å². The van der Waals surface area contributed by atoms with E-state index in [0.717, 1.165) is 5.56 Å². The number of rotatable bonds is 6. The van der Waals surface area contributed by atoms with E-state index >= 15 is 0 Å². The molecule has 104 valence electrons. The number of benzene rings is 1. The van der Waals surface area contributed by atoms with Gasteiger partial charge >= 0.3 is 5.97 Å². The predicted octanol–water partition coefficient (Wildman–Crippen LogP) is 1.94. The zero-order valence-corrected chi connectivity index (χ0v) is 11.5. The van der Waals surface area contributed by atoms with Crippen LogP contribution in [0, 0.1) is 6.92 Å². The molecule has 0 bridgehead atoms. The molecule has 0 fully saturated rings. The van der Waals surface area contributed by atoms with Gasteiger partial charge in [-0.15, -0.1) is 0 Å². The van der Waals surface area contributed by atoms with Crippen LogP contribution in [0.5, 0.6) is 5.75 Å². The van der Waals surface area contributed by atoms with Crippen LogP contribution in [0.2, 0.25) is 0 Å². The molecule has 1 N–H and O–H groups in total. The second-order valence-corrected chi connectivity index (χ2v) is 4.50. The van der Waals surface area contributed by atoms with E-state index in [4.69, 9.17) is 9.84 Å². The summed E-state index contributed by atoms with van der Waals surface area (Å²) >= 11 is 0. The van der Waals surface area contributed by atoms with Crippen molar-refractivity contribution in [3.8, 4) is 5.75 Å². The maximum Gasteiger partial charge on any atom is 0.339 e. The number of hydrogen-bond donors (Lipinski definition) is 1. The highest BCUT2D eigenvalue weighted by Gasteiger charge is 2.13. The fraction of sp³-hybridized carbons (Fsp3) is 0.429. The van der Waals surface area contributed by atoms with Gasteiger partial charge in [-0.25, -0.2) is 4.79 Å². The monoisotopic (exact) mass is 265 g/mol. The van der Waals surface area contributed by atoms with Crippen molar-refractivity contribution >= 4 is 11.9 Å². The van der Waals surface area contributed by atoms with Gasteiger partial charge in [-0.3, -0.25) is 4.79 Å². The third-order valence-corrected chi connectivity index (χ3v) is 2.72. The van der Waals surface area contributed by atoms with Crippen molar-refractivity contribution in [1.82, 2.24) is 4.90 Å². The fourth-order valence-corrected chi connectivity index (χ4v) is 1.63. The quantitative estimate of drug-likeness (QED) is 0.798. The molecule has 5 heteroatoms. The van der Waals surface area contributed by atoms with Crippen molar-refractivity contribution in [2.45, 2.75) is 19.8 Å². The fourth-order valence-electron chi connectivity index (χ4n) is 1.63. The molecule has 0 aromatic heterocycles. The second-order valence-electron chi connectivity index (χ2n) is 4.50. The summed E-state index contributed by atoms with van der Waals surface area (Å²) < 4.78 is 5.51. The zero-order valence-electron chi connectivity index (χ0n) is 11.5. The Bertz CT molecular complexity index is 469. The molecule has 0 aliphatic rings. The molecule has 0 saturated carbocycles. The lowest BCUT2D eigenvalue weighted by atomic mass is 10.1. The van der Waals surface area contributed by atoms with Crippen LogP contribution >= 0.6 is 0 Å². The van der Waals surface area contributed by atoms with E-state index < -0.39 is 5.97 Å². The topological polar surface area (TPSA) is 66.8 Å². The van der Waals surface area contributed by atoms with Crippen molar-refractivity contribution in [1.29, 1.82) is 0 Å². The second kappa shape index (κ2) is 6.78. The number of carbonyl (C=O) groups is 2. The van der Waals surface area contributed by atoms with Crippen molar-refractivity contribution < 1.29 is 19.4 Å². The molecular weight excluding hydrogens is 246 g/mol. The Hall–Kier alpha value is -2.04. The van der Waals surface area contributed by atoms with E-state index in [1.165, 1.54) is 11.0 Å². The summed E-state index contributed by atoms with van der Waals surface area (Å²) in [5, 5.41) is 9.07. The first kappa shape index (κ1) is 15.0. The Balaban J connectivity index is 2.58. The Morgan fingerprint density at radius 1 is 1.32 bits per heavy atom. The van der Waals surface area contributed by atoms with Crippen molar-refractivity contribution in [3.63, 3.8) is 0 Å². The SMILES string of the molecule is Cc1cccc(C(=O)O)c1OCCCC(=O)N(C)C. The Morgan fingerprint density at radius 3 is 2.58 bits per heavy atom. The maximum atomic E-state index is 11.4. The van der Waals surface area contributed by atoms with E-state index in [1.54, 1.807) is 33.2 Å². The van der Waals surface area contributed by atoms with Crippen molar-refractivity contribution in [2.24, 2.45) is 0 Å². The number of para-hydroxylation sites is 1. The van der Waals surface area contributed by atoms with E-state index in [1.807, 2.05) is 0 Å². The van der Waals surface area contributed by atoms with E-state index in [2.05, 4.69) is 0 Å². The van der Waals surface area contributed by atoms with Crippen LogP contribution in [0.4, 0.5) is 0 Å². The number of ether oxygens (including phenoxy) is 1. The highest BCUT2D eigenvalue weighted by molar-refractivity contribution is 5.91. The van der Waals surface area contributed by atoms with Gasteiger partial charge in [-0.1, -0.05) is 12.1 Å². The number of nitrogens with zero attached hydrogens (tertiary/aromatic N) is 1. The minimum atomic E-state index is -1.01. The molecule has 0 saturated heterocycles. The summed E-state index contributed by atoms with van der Waals surface area (Å²) in [6.07, 6.45) is 0.950. The van der Waals surface area contributed by atoms with Gasteiger partial charge in [0.2, 0.25) is 5.91 Å². The molecule has 0 heterocycles. The number of carboxylic acids is 1. The molecule has 0 radical (unpaired) electrons. The molecule has 1 rings (SSSR count). The number of aromatic carboxylic acids is 1. The number of aryl methyl sites for hydroxylation is 1. The summed E-state index contributed by atoms with van der Waals surface area (Å²) in [6, 6.07) is 4.99. The summed E-state index contributed by atoms with van der Waals surface area (Å²) in [5.41, 5.74) is 0.928. The van der Waals surface area contributed by atoms with Gasteiger partial charge < -0.3 is 14.7 Å². The molecule has 1 aromatic carbocycles. The van der Waals surface area contributed by atoms with Crippen LogP contribution in [0.3, 0.4) is 0 Å². The Morgan fingerprint density at radius 2 is 2.00 bits per heavy atom. The molecular formula is C14H19NO4. The average Bonchev–Trinajstić information content (AvgIpc) is 2.35. The molecule has 0 spiro atoms. The summed E-state index contributed by atoms with van der Waals surface area (Å²) in [5.74, 6) is -0.595. The number of hydrogen-bond acceptors (Lipinski definition) is 3. The standard InChI is InChI=1S/C14H19NO4/c1-10-6-4-7-11(14(17)18)13(10)19-9-5-8-12(16)15(2)3/h4,6-7H,5,8-9H2,1-3H3,(H,17,18). The van der Waals surface area contributed by atoms with E-state index in [0.29, 0.717) is 25.2 Å². The molecule has 1 amide bonds. The van der Waals surface area contributed by atoms with Crippen molar-refractivity contribution in [2.75, 3.05) is 20.7 Å². The highest BCUT2D eigenvalue weighted by Crippen LogP contribution is 2.23. The normalized spacial score (nSPS) is 10.1. The predicted molar refractivity (Wildman–Crippen MR) is 71.6 cm³/mol. The summed E-state index contributed by atoms with van der Waals surface area (Å²) in [6.45, 7) is 2.12. The summed E-state index contributed by atoms with van der Waals surface area (Å²) in [7, 11) is 3.40. The third kappa shape index (κ3) is 4.28. The molecule has 0 atom stereocenters. The van der Waals surface area contributed by atoms with E-state index in [9.17, 15) is 9.59 Å². The van der Waals surface area contributed by atoms with Gasteiger partial charge in [0, 0.05) is 20.5 Å². The van der Waals surface area contributed by atoms with Gasteiger partial charge in [-0.05, 0) is 25.0 Å². The van der Waals surface area contributed by atoms with Gasteiger partial charge in [0.1, 0.15) is 11.3 Å². The van der Waals surface area contributed by atoms with Gasteiger partial charge in [0.05, 0.1) is 6.61 Å². The smallest absolute Gasteiger partial charge is 0.339 e. The lowest BCUT2D eigenvalue weighted by Crippen LogP contribution is -2.21. The molecule has 1 aromatic rings. The first-order valence-electron chi connectivity index (χ1n) is 6.09. The van der Waals surface area contributed by atoms with Gasteiger partial charge in [-0.2, -0.15) is 0 Å². The third-order valence-electron chi connectivity index (χ3n) is 2.72. The van der Waals surface area contributed by atoms with Crippen LogP contribution in [0.15, 0.2) is 18.2 Å². The minimum absolute atomic E-state index is 0.0341. The van der Waals surface area contributed by atoms with Gasteiger partial charge in [0.25, 0.3) is 0 Å². The molecule has 0 aliphatic heterocycles. The van der Waals surface area contributed by atoms with Crippen LogP contribution in [-0.2, 0) is 4.79 Å². The molecule has 0 unspecified atom stereocenters. The van der Waals surface area contributed by atoms with Crippen molar-refractivity contribution in [3.05, 3.63) is 29.3 Å². The highest BCUT2D eigenvalue weighted by atomic mass is 16.5. The first-order chi connectivity index (χ1) is 8.93. The molecule has 0 aliphatic carbocycles. The molecule has 19 heavy (non-hydrogen) atoms. The largest absolute Gasteiger partial charge is 0.492 e. The summed E-state index contributed by atoms with van der Waals surface area (Å²) in [4.78, 5) is 24.0. The number of carboxylic acid groups (broad SMARTS) is 1. The number of amides is 1. The zero-order chi connectivity index (χ0) is 14.4. The van der Waals surface area contributed by atoms with Crippen LogP contribution in [0.25, 0.3) is 0 Å². The average molecular weight is 265 g/mol. The van der Waals surface area contributed by atoms with Crippen LogP contribution in [-0.4, -0.2) is 42.6 Å². The molecule has 5 nitrogen and oxygen atoms in total. The van der Waals surface area contributed by atoms with Crippen LogP contribution in [0.1, 0.15) is 28.8 Å². The number of carbonyl (C=O) groups excluding carboxylic acids is 1. The lowest BCUT2D eigenvalue weighted by Gasteiger charge is -2.13. The van der Waals surface area contributed by atoms with Crippen LogP contribution < -0.4 is 4.74 Å².